The smallest absolute Gasteiger partial charge is 0.251 e. The average Bonchev–Trinajstić information content (AvgIpc) is 3.25. The van der Waals surface area contributed by atoms with E-state index in [2.05, 4.69) is 17.2 Å². The van der Waals surface area contributed by atoms with Gasteiger partial charge in [0.1, 0.15) is 6.10 Å². The fourth-order valence-corrected chi connectivity index (χ4v) is 4.03. The molecule has 0 aliphatic carbocycles. The summed E-state index contributed by atoms with van der Waals surface area (Å²) in [6.45, 7) is 7.34. The summed E-state index contributed by atoms with van der Waals surface area (Å²) in [5, 5.41) is 3.45. The first-order valence-electron chi connectivity index (χ1n) is 8.82. The Labute approximate surface area is 142 Å². The van der Waals surface area contributed by atoms with Gasteiger partial charge in [0.05, 0.1) is 10.7 Å². The topological polar surface area (TPSA) is 45.7 Å². The largest absolute Gasteiger partial charge is 0.368 e. The normalized spacial score (nSPS) is 22.7. The van der Waals surface area contributed by atoms with E-state index in [1.807, 2.05) is 4.90 Å². The van der Waals surface area contributed by atoms with E-state index in [1.165, 1.54) is 23.5 Å². The van der Waals surface area contributed by atoms with Crippen molar-refractivity contribution >= 4 is 17.2 Å². The first kappa shape index (κ1) is 16.9. The van der Waals surface area contributed by atoms with Crippen molar-refractivity contribution in [1.29, 1.82) is 0 Å². The van der Waals surface area contributed by atoms with Crippen LogP contribution >= 0.6 is 11.3 Å². The Hall–Kier alpha value is -0.980. The van der Waals surface area contributed by atoms with Crippen LogP contribution in [0.15, 0.2) is 5.38 Å². The van der Waals surface area contributed by atoms with Crippen LogP contribution in [0.4, 0.5) is 0 Å². The highest BCUT2D eigenvalue weighted by atomic mass is 32.1. The van der Waals surface area contributed by atoms with Crippen molar-refractivity contribution in [3.63, 3.8) is 0 Å². The van der Waals surface area contributed by atoms with Crippen LogP contribution in [-0.2, 0) is 22.5 Å². The molecule has 6 heteroatoms. The molecule has 3 heterocycles. The van der Waals surface area contributed by atoms with Gasteiger partial charge in [-0.3, -0.25) is 9.69 Å². The van der Waals surface area contributed by atoms with Gasteiger partial charge in [-0.2, -0.15) is 0 Å². The molecule has 0 aromatic carbocycles. The number of hydrogen-bond acceptors (Lipinski definition) is 5. The Morgan fingerprint density at radius 2 is 2.22 bits per heavy atom. The Balaban J connectivity index is 1.43. The van der Waals surface area contributed by atoms with E-state index in [0.29, 0.717) is 0 Å². The van der Waals surface area contributed by atoms with Crippen molar-refractivity contribution in [2.45, 2.75) is 51.7 Å². The number of piperazine rings is 1. The number of thiazole rings is 1. The first-order chi connectivity index (χ1) is 11.3. The number of nitrogens with zero attached hydrogens (tertiary/aromatic N) is 3. The summed E-state index contributed by atoms with van der Waals surface area (Å²) in [7, 11) is 0. The molecule has 2 aliphatic heterocycles. The third-order valence-corrected chi connectivity index (χ3v) is 5.58. The minimum Gasteiger partial charge on any atom is -0.368 e. The first-order valence-corrected chi connectivity index (χ1v) is 9.70. The lowest BCUT2D eigenvalue weighted by Gasteiger charge is -2.35. The predicted octanol–water partition coefficient (Wildman–Crippen LogP) is 2.31. The van der Waals surface area contributed by atoms with Crippen LogP contribution in [0.1, 0.15) is 43.3 Å². The number of aromatic nitrogens is 1. The van der Waals surface area contributed by atoms with Crippen molar-refractivity contribution in [3.05, 3.63) is 16.1 Å². The van der Waals surface area contributed by atoms with Gasteiger partial charge in [0.15, 0.2) is 0 Å². The Morgan fingerprint density at radius 3 is 2.91 bits per heavy atom. The summed E-state index contributed by atoms with van der Waals surface area (Å²) < 4.78 is 5.51. The third kappa shape index (κ3) is 4.52. The highest BCUT2D eigenvalue weighted by molar-refractivity contribution is 7.09. The van der Waals surface area contributed by atoms with Crippen LogP contribution in [0, 0.1) is 0 Å². The molecule has 128 valence electrons. The van der Waals surface area contributed by atoms with Crippen molar-refractivity contribution < 1.29 is 9.53 Å². The van der Waals surface area contributed by atoms with Gasteiger partial charge in [0.2, 0.25) is 0 Å². The molecule has 2 saturated heterocycles. The maximum absolute atomic E-state index is 12.3. The summed E-state index contributed by atoms with van der Waals surface area (Å²) in [6, 6.07) is 0. The molecule has 0 bridgehead atoms. The molecule has 0 radical (unpaired) electrons. The summed E-state index contributed by atoms with van der Waals surface area (Å²) in [5.74, 6) is 0.192. The molecular formula is C17H27N3O2S. The second-order valence-corrected chi connectivity index (χ2v) is 7.38. The number of unbranched alkanes of at least 4 members (excludes halogenated alkanes) is 1. The lowest BCUT2D eigenvalue weighted by Crippen LogP contribution is -2.51. The minimum absolute atomic E-state index is 0.179. The molecule has 23 heavy (non-hydrogen) atoms. The molecule has 3 rings (SSSR count). The summed E-state index contributed by atoms with van der Waals surface area (Å²) in [5.41, 5.74) is 1.18. The van der Waals surface area contributed by atoms with E-state index in [9.17, 15) is 4.79 Å². The van der Waals surface area contributed by atoms with Gasteiger partial charge in [-0.1, -0.05) is 13.3 Å². The molecule has 0 spiro atoms. The molecule has 2 aliphatic rings. The number of amides is 1. The van der Waals surface area contributed by atoms with Crippen molar-refractivity contribution in [2.24, 2.45) is 0 Å². The van der Waals surface area contributed by atoms with Crippen molar-refractivity contribution in [2.75, 3.05) is 32.8 Å². The van der Waals surface area contributed by atoms with Gasteiger partial charge in [-0.15, -0.1) is 11.3 Å². The molecular weight excluding hydrogens is 310 g/mol. The summed E-state index contributed by atoms with van der Waals surface area (Å²) in [4.78, 5) is 21.4. The maximum atomic E-state index is 12.3. The fourth-order valence-electron chi connectivity index (χ4n) is 3.20. The number of aryl methyl sites for hydroxylation is 1. The van der Waals surface area contributed by atoms with Crippen LogP contribution in [0.25, 0.3) is 0 Å². The molecule has 1 unspecified atom stereocenters. The zero-order valence-electron chi connectivity index (χ0n) is 14.0. The lowest BCUT2D eigenvalue weighted by molar-refractivity contribution is -0.142. The number of carbonyl (C=O) groups excluding carboxylic acids is 1. The van der Waals surface area contributed by atoms with Gasteiger partial charge >= 0.3 is 0 Å². The summed E-state index contributed by atoms with van der Waals surface area (Å²) >= 11 is 1.78. The van der Waals surface area contributed by atoms with E-state index >= 15 is 0 Å². The van der Waals surface area contributed by atoms with Crippen LogP contribution in [0.2, 0.25) is 0 Å². The Bertz CT molecular complexity index is 506. The summed E-state index contributed by atoms with van der Waals surface area (Å²) in [6.07, 6.45) is 5.26. The second kappa shape index (κ2) is 8.22. The van der Waals surface area contributed by atoms with Crippen LogP contribution < -0.4 is 0 Å². The highest BCUT2D eigenvalue weighted by Gasteiger charge is 2.30. The van der Waals surface area contributed by atoms with Gasteiger partial charge in [0, 0.05) is 44.7 Å². The molecule has 1 atom stereocenters. The molecule has 1 aromatic rings. The SMILES string of the molecule is CCCCc1nc(CN2CCN(C(=O)C3CCCO3)CC2)cs1. The van der Waals surface area contributed by atoms with Crippen molar-refractivity contribution in [1.82, 2.24) is 14.8 Å². The molecule has 0 N–H and O–H groups in total. The Kier molecular flexibility index (Phi) is 6.02. The van der Waals surface area contributed by atoms with Crippen LogP contribution in [-0.4, -0.2) is 59.6 Å². The minimum atomic E-state index is -0.179. The zero-order chi connectivity index (χ0) is 16.1. The number of carbonyl (C=O) groups is 1. The molecule has 1 aromatic heterocycles. The number of hydrogen-bond donors (Lipinski definition) is 0. The van der Waals surface area contributed by atoms with Crippen LogP contribution in [0.5, 0.6) is 0 Å². The zero-order valence-corrected chi connectivity index (χ0v) is 14.8. The van der Waals surface area contributed by atoms with E-state index in [1.54, 1.807) is 11.3 Å². The number of ether oxygens (including phenoxy) is 1. The predicted molar refractivity (Wildman–Crippen MR) is 91.6 cm³/mol. The standard InChI is InChI=1S/C17H27N3O2S/c1-2-3-6-16-18-14(13-23-16)12-19-7-9-20(10-8-19)17(21)15-5-4-11-22-15/h13,15H,2-12H2,1H3. The maximum Gasteiger partial charge on any atom is 0.251 e. The lowest BCUT2D eigenvalue weighted by atomic mass is 10.2. The Morgan fingerprint density at radius 1 is 1.39 bits per heavy atom. The van der Waals surface area contributed by atoms with E-state index in [4.69, 9.17) is 9.72 Å². The van der Waals surface area contributed by atoms with Gasteiger partial charge < -0.3 is 9.64 Å². The quantitative estimate of drug-likeness (QED) is 0.799. The number of rotatable bonds is 6. The molecule has 0 saturated carbocycles. The van der Waals surface area contributed by atoms with Gasteiger partial charge in [0.25, 0.3) is 5.91 Å². The third-order valence-electron chi connectivity index (χ3n) is 4.62. The molecule has 1 amide bonds. The monoisotopic (exact) mass is 337 g/mol. The van der Waals surface area contributed by atoms with E-state index in [0.717, 1.165) is 58.6 Å². The second-order valence-electron chi connectivity index (χ2n) is 6.44. The van der Waals surface area contributed by atoms with Crippen LogP contribution in [0.3, 0.4) is 0 Å². The highest BCUT2D eigenvalue weighted by Crippen LogP contribution is 2.18. The van der Waals surface area contributed by atoms with E-state index < -0.39 is 0 Å². The molecule has 5 nitrogen and oxygen atoms in total. The average molecular weight is 337 g/mol. The van der Waals surface area contributed by atoms with Gasteiger partial charge in [-0.25, -0.2) is 4.98 Å². The van der Waals surface area contributed by atoms with Gasteiger partial charge in [-0.05, 0) is 25.7 Å². The van der Waals surface area contributed by atoms with Crippen molar-refractivity contribution in [3.8, 4) is 0 Å². The van der Waals surface area contributed by atoms with E-state index in [-0.39, 0.29) is 12.0 Å². The molecule has 2 fully saturated rings. The fraction of sp³-hybridized carbons (Fsp3) is 0.765.